The first-order valence-corrected chi connectivity index (χ1v) is 10.3. The highest BCUT2D eigenvalue weighted by Gasteiger charge is 2.11. The number of amides is 1. The zero-order valence-electron chi connectivity index (χ0n) is 17.8. The Bertz CT molecular complexity index is 1210. The summed E-state index contributed by atoms with van der Waals surface area (Å²) in [6.07, 6.45) is 1.45. The summed E-state index contributed by atoms with van der Waals surface area (Å²) in [6.45, 7) is 4.00. The zero-order valence-corrected chi connectivity index (χ0v) is 17.8. The van der Waals surface area contributed by atoms with Crippen LogP contribution in [0.5, 0.6) is 0 Å². The van der Waals surface area contributed by atoms with Gasteiger partial charge < -0.3 is 10.6 Å². The second-order valence-electron chi connectivity index (χ2n) is 7.60. The van der Waals surface area contributed by atoms with Gasteiger partial charge >= 0.3 is 0 Å². The molecule has 1 amide bonds. The van der Waals surface area contributed by atoms with E-state index < -0.39 is 0 Å². The van der Waals surface area contributed by atoms with E-state index in [1.807, 2.05) is 50.2 Å². The molecule has 0 radical (unpaired) electrons. The Hall–Kier alpha value is -4.06. The van der Waals surface area contributed by atoms with Crippen LogP contribution in [0.15, 0.2) is 85.2 Å². The third-order valence-electron chi connectivity index (χ3n) is 5.15. The van der Waals surface area contributed by atoms with Gasteiger partial charge in [-0.2, -0.15) is 0 Å². The number of carbonyl (C=O) groups is 1. The van der Waals surface area contributed by atoms with Crippen LogP contribution >= 0.6 is 0 Å². The third kappa shape index (κ3) is 5.16. The summed E-state index contributed by atoms with van der Waals surface area (Å²) >= 11 is 0. The number of benzene rings is 3. The maximum absolute atomic E-state index is 13.2. The number of aryl methyl sites for hydroxylation is 1. The maximum Gasteiger partial charge on any atom is 0.251 e. The minimum atomic E-state index is -0.293. The van der Waals surface area contributed by atoms with E-state index in [4.69, 9.17) is 0 Å². The number of nitrogens with one attached hydrogen (secondary N) is 2. The smallest absolute Gasteiger partial charge is 0.251 e. The van der Waals surface area contributed by atoms with E-state index in [0.29, 0.717) is 17.1 Å². The standard InChI is InChI=1S/C26H23FN4O/c1-17-3-5-19(6-4-17)18(2)30-26(32)21-9-13-23(14-10-21)31-25-15-24(28-16-29-25)20-7-11-22(27)12-8-20/h3-16,18H,1-2H3,(H,30,32)(H,28,29,31)/t18-/m1/s1. The van der Waals surface area contributed by atoms with Gasteiger partial charge in [-0.3, -0.25) is 4.79 Å². The lowest BCUT2D eigenvalue weighted by Gasteiger charge is -2.15. The number of aromatic nitrogens is 2. The molecule has 32 heavy (non-hydrogen) atoms. The Labute approximate surface area is 186 Å². The molecule has 0 aliphatic rings. The fraction of sp³-hybridized carbons (Fsp3) is 0.115. The van der Waals surface area contributed by atoms with Gasteiger partial charge in [-0.25, -0.2) is 14.4 Å². The topological polar surface area (TPSA) is 66.9 Å². The molecule has 0 spiro atoms. The monoisotopic (exact) mass is 426 g/mol. The van der Waals surface area contributed by atoms with Crippen LogP contribution in [0, 0.1) is 12.7 Å². The molecule has 0 fully saturated rings. The summed E-state index contributed by atoms with van der Waals surface area (Å²) in [7, 11) is 0. The molecule has 0 aliphatic heterocycles. The van der Waals surface area contributed by atoms with Crippen LogP contribution < -0.4 is 10.6 Å². The van der Waals surface area contributed by atoms with Crippen LogP contribution in [0.1, 0.15) is 34.5 Å². The molecule has 2 N–H and O–H groups in total. The van der Waals surface area contributed by atoms with Crippen molar-refractivity contribution in [1.82, 2.24) is 15.3 Å². The van der Waals surface area contributed by atoms with Crippen LogP contribution in [0.25, 0.3) is 11.3 Å². The Kier molecular flexibility index (Phi) is 6.22. The quantitative estimate of drug-likeness (QED) is 0.407. The minimum Gasteiger partial charge on any atom is -0.346 e. The predicted molar refractivity (Wildman–Crippen MR) is 124 cm³/mol. The van der Waals surface area contributed by atoms with Crippen molar-refractivity contribution >= 4 is 17.4 Å². The fourth-order valence-electron chi connectivity index (χ4n) is 3.28. The molecule has 1 heterocycles. The molecule has 0 bridgehead atoms. The number of carbonyl (C=O) groups excluding carboxylic acids is 1. The fourth-order valence-corrected chi connectivity index (χ4v) is 3.28. The number of anilines is 2. The SMILES string of the molecule is Cc1ccc([C@@H](C)NC(=O)c2ccc(Nc3cc(-c4ccc(F)cc4)ncn3)cc2)cc1. The van der Waals surface area contributed by atoms with Gasteiger partial charge in [0.05, 0.1) is 11.7 Å². The predicted octanol–water partition coefficient (Wildman–Crippen LogP) is 5.83. The van der Waals surface area contributed by atoms with Crippen molar-refractivity contribution in [1.29, 1.82) is 0 Å². The van der Waals surface area contributed by atoms with Crippen LogP contribution in [-0.2, 0) is 0 Å². The lowest BCUT2D eigenvalue weighted by molar-refractivity contribution is 0.0940. The number of hydrogen-bond donors (Lipinski definition) is 2. The number of nitrogens with zero attached hydrogens (tertiary/aromatic N) is 2. The summed E-state index contributed by atoms with van der Waals surface area (Å²) in [6, 6.07) is 23.1. The molecule has 4 aromatic rings. The van der Waals surface area contributed by atoms with Crippen molar-refractivity contribution in [2.75, 3.05) is 5.32 Å². The number of hydrogen-bond acceptors (Lipinski definition) is 4. The molecule has 1 aromatic heterocycles. The van der Waals surface area contributed by atoms with E-state index in [9.17, 15) is 9.18 Å². The highest BCUT2D eigenvalue weighted by atomic mass is 19.1. The molecular formula is C26H23FN4O. The van der Waals surface area contributed by atoms with Crippen molar-refractivity contribution in [3.63, 3.8) is 0 Å². The lowest BCUT2D eigenvalue weighted by atomic mass is 10.1. The van der Waals surface area contributed by atoms with Gasteiger partial charge in [0, 0.05) is 22.9 Å². The van der Waals surface area contributed by atoms with Crippen molar-refractivity contribution in [2.24, 2.45) is 0 Å². The van der Waals surface area contributed by atoms with Crippen LogP contribution in [-0.4, -0.2) is 15.9 Å². The van der Waals surface area contributed by atoms with E-state index in [-0.39, 0.29) is 17.8 Å². The molecule has 5 nitrogen and oxygen atoms in total. The molecule has 0 aliphatic carbocycles. The Morgan fingerprint density at radius 2 is 1.59 bits per heavy atom. The molecule has 160 valence electrons. The van der Waals surface area contributed by atoms with Crippen LogP contribution in [0.3, 0.4) is 0 Å². The normalized spacial score (nSPS) is 11.6. The van der Waals surface area contributed by atoms with Crippen molar-refractivity contribution in [3.8, 4) is 11.3 Å². The molecular weight excluding hydrogens is 403 g/mol. The molecule has 1 atom stereocenters. The maximum atomic E-state index is 13.2. The summed E-state index contributed by atoms with van der Waals surface area (Å²) in [4.78, 5) is 21.1. The Morgan fingerprint density at radius 3 is 2.28 bits per heavy atom. The summed E-state index contributed by atoms with van der Waals surface area (Å²) in [5.74, 6) is 0.174. The van der Waals surface area contributed by atoms with Crippen LogP contribution in [0.2, 0.25) is 0 Å². The molecule has 0 saturated carbocycles. The van der Waals surface area contributed by atoms with Gasteiger partial charge in [-0.15, -0.1) is 0 Å². The second-order valence-corrected chi connectivity index (χ2v) is 7.60. The van der Waals surface area contributed by atoms with E-state index in [0.717, 1.165) is 16.8 Å². The van der Waals surface area contributed by atoms with Gasteiger partial charge in [0.25, 0.3) is 5.91 Å². The van der Waals surface area contributed by atoms with Gasteiger partial charge in [0.2, 0.25) is 0 Å². The first kappa shape index (κ1) is 21.2. The molecule has 0 unspecified atom stereocenters. The highest BCUT2D eigenvalue weighted by Crippen LogP contribution is 2.22. The summed E-state index contributed by atoms with van der Waals surface area (Å²) in [5.41, 5.74) is 5.09. The van der Waals surface area contributed by atoms with Crippen molar-refractivity contribution < 1.29 is 9.18 Å². The average Bonchev–Trinajstić information content (AvgIpc) is 2.80. The molecule has 4 rings (SSSR count). The number of halogens is 1. The summed E-state index contributed by atoms with van der Waals surface area (Å²) < 4.78 is 13.2. The molecule has 6 heteroatoms. The minimum absolute atomic E-state index is 0.0909. The van der Waals surface area contributed by atoms with Crippen LogP contribution in [0.4, 0.5) is 15.9 Å². The zero-order chi connectivity index (χ0) is 22.5. The first-order valence-electron chi connectivity index (χ1n) is 10.3. The first-order chi connectivity index (χ1) is 15.5. The van der Waals surface area contributed by atoms with E-state index >= 15 is 0 Å². The van der Waals surface area contributed by atoms with Gasteiger partial charge in [-0.05, 0) is 67.9 Å². The summed E-state index contributed by atoms with van der Waals surface area (Å²) in [5, 5.41) is 6.23. The molecule has 3 aromatic carbocycles. The average molecular weight is 426 g/mol. The number of rotatable bonds is 6. The second kappa shape index (κ2) is 9.39. The van der Waals surface area contributed by atoms with E-state index in [2.05, 4.69) is 20.6 Å². The van der Waals surface area contributed by atoms with Crippen molar-refractivity contribution in [2.45, 2.75) is 19.9 Å². The Balaban J connectivity index is 1.41. The molecule has 0 saturated heterocycles. The van der Waals surface area contributed by atoms with Crippen molar-refractivity contribution in [3.05, 3.63) is 108 Å². The van der Waals surface area contributed by atoms with Gasteiger partial charge in [0.1, 0.15) is 18.0 Å². The van der Waals surface area contributed by atoms with E-state index in [1.165, 1.54) is 24.0 Å². The lowest BCUT2D eigenvalue weighted by Crippen LogP contribution is -2.26. The highest BCUT2D eigenvalue weighted by molar-refractivity contribution is 5.94. The third-order valence-corrected chi connectivity index (χ3v) is 5.15. The van der Waals surface area contributed by atoms with Gasteiger partial charge in [0.15, 0.2) is 0 Å². The van der Waals surface area contributed by atoms with E-state index in [1.54, 1.807) is 30.3 Å². The largest absolute Gasteiger partial charge is 0.346 e. The van der Waals surface area contributed by atoms with Gasteiger partial charge in [-0.1, -0.05) is 29.8 Å². The Morgan fingerprint density at radius 1 is 0.906 bits per heavy atom.